The zero-order valence-corrected chi connectivity index (χ0v) is 9.31. The lowest BCUT2D eigenvalue weighted by Gasteiger charge is -2.07. The molecule has 0 aromatic carbocycles. The van der Waals surface area contributed by atoms with E-state index in [1.54, 1.807) is 6.20 Å². The molecule has 0 spiro atoms. The fraction of sp³-hybridized carbons (Fsp3) is 0.250. The summed E-state index contributed by atoms with van der Waals surface area (Å²) in [4.78, 5) is 4.30. The average Bonchev–Trinajstić information content (AvgIpc) is 2.69. The molecule has 2 aromatic rings. The summed E-state index contributed by atoms with van der Waals surface area (Å²) in [5, 5.41) is 0. The molecule has 84 valence electrons. The van der Waals surface area contributed by atoms with Gasteiger partial charge in [0.25, 0.3) is 0 Å². The maximum Gasteiger partial charge on any atom is 0.179 e. The van der Waals surface area contributed by atoms with Gasteiger partial charge < -0.3 is 10.5 Å². The number of rotatable bonds is 4. The van der Waals surface area contributed by atoms with Gasteiger partial charge in [-0.2, -0.15) is 0 Å². The molecule has 0 saturated carbocycles. The van der Waals surface area contributed by atoms with Gasteiger partial charge in [0.2, 0.25) is 0 Å². The molecule has 0 aliphatic rings. The minimum Gasteiger partial charge on any atom is -0.485 e. The highest BCUT2D eigenvalue weighted by molar-refractivity contribution is 5.54. The number of nitrogens with two attached hydrogens (primary N) is 1. The van der Waals surface area contributed by atoms with Crippen LogP contribution in [-0.4, -0.2) is 16.0 Å². The molecule has 2 heterocycles. The van der Waals surface area contributed by atoms with Crippen LogP contribution in [0.2, 0.25) is 0 Å². The Balaban J connectivity index is 2.38. The van der Waals surface area contributed by atoms with E-state index >= 15 is 0 Å². The summed E-state index contributed by atoms with van der Waals surface area (Å²) in [6.45, 7) is 6.69. The second-order valence-corrected chi connectivity index (χ2v) is 3.77. The molecule has 0 aliphatic carbocycles. The molecule has 16 heavy (non-hydrogen) atoms. The Bertz CT molecular complexity index is 516. The molecule has 4 nitrogen and oxygen atoms in total. The van der Waals surface area contributed by atoms with Crippen molar-refractivity contribution in [2.75, 3.05) is 6.61 Å². The van der Waals surface area contributed by atoms with Gasteiger partial charge in [0.1, 0.15) is 6.61 Å². The van der Waals surface area contributed by atoms with Crippen LogP contribution in [0.3, 0.4) is 0 Å². The standard InChI is InChI=1S/C12H15N3O/c1-9(2)8-16-11-4-3-5-15-10(6-13)7-14-12(11)15/h3-5,7H,1,6,8,13H2,2H3. The lowest BCUT2D eigenvalue weighted by molar-refractivity contribution is 0.354. The molecular weight excluding hydrogens is 202 g/mol. The molecule has 4 heteroatoms. The Morgan fingerprint density at radius 1 is 1.62 bits per heavy atom. The van der Waals surface area contributed by atoms with Gasteiger partial charge in [-0.25, -0.2) is 4.98 Å². The van der Waals surface area contributed by atoms with Crippen molar-refractivity contribution in [3.8, 4) is 5.75 Å². The molecule has 0 amide bonds. The third-order valence-corrected chi connectivity index (χ3v) is 2.26. The highest BCUT2D eigenvalue weighted by Crippen LogP contribution is 2.19. The average molecular weight is 217 g/mol. The van der Waals surface area contributed by atoms with Crippen LogP contribution in [0.25, 0.3) is 5.65 Å². The van der Waals surface area contributed by atoms with Gasteiger partial charge in [0.15, 0.2) is 11.4 Å². The molecule has 2 aromatic heterocycles. The van der Waals surface area contributed by atoms with Crippen LogP contribution in [0.4, 0.5) is 0 Å². The monoisotopic (exact) mass is 217 g/mol. The molecule has 2 rings (SSSR count). The first-order valence-electron chi connectivity index (χ1n) is 5.14. The fourth-order valence-corrected chi connectivity index (χ4v) is 1.50. The van der Waals surface area contributed by atoms with Gasteiger partial charge in [-0.15, -0.1) is 0 Å². The van der Waals surface area contributed by atoms with Crippen LogP contribution in [0, 0.1) is 0 Å². The Morgan fingerprint density at radius 2 is 2.44 bits per heavy atom. The zero-order valence-electron chi connectivity index (χ0n) is 9.31. The van der Waals surface area contributed by atoms with E-state index in [1.165, 1.54) is 0 Å². The van der Waals surface area contributed by atoms with Crippen molar-refractivity contribution in [1.29, 1.82) is 0 Å². The van der Waals surface area contributed by atoms with E-state index < -0.39 is 0 Å². The number of fused-ring (bicyclic) bond motifs is 1. The Kier molecular flexibility index (Phi) is 2.92. The van der Waals surface area contributed by atoms with Crippen molar-refractivity contribution in [1.82, 2.24) is 9.38 Å². The van der Waals surface area contributed by atoms with Crippen LogP contribution in [0.1, 0.15) is 12.6 Å². The predicted molar refractivity (Wildman–Crippen MR) is 63.4 cm³/mol. The van der Waals surface area contributed by atoms with Gasteiger partial charge in [0.05, 0.1) is 11.9 Å². The lowest BCUT2D eigenvalue weighted by atomic mass is 10.4. The third-order valence-electron chi connectivity index (χ3n) is 2.26. The van der Waals surface area contributed by atoms with Crippen molar-refractivity contribution in [3.05, 3.63) is 42.4 Å². The maximum atomic E-state index is 5.62. The first kappa shape index (κ1) is 10.7. The second-order valence-electron chi connectivity index (χ2n) is 3.77. The van der Waals surface area contributed by atoms with Crippen molar-refractivity contribution < 1.29 is 4.74 Å². The van der Waals surface area contributed by atoms with E-state index in [0.29, 0.717) is 13.2 Å². The Hall–Kier alpha value is -1.81. The fourth-order valence-electron chi connectivity index (χ4n) is 1.50. The minimum atomic E-state index is 0.463. The van der Waals surface area contributed by atoms with Gasteiger partial charge >= 0.3 is 0 Å². The van der Waals surface area contributed by atoms with Gasteiger partial charge in [-0.3, -0.25) is 4.40 Å². The largest absolute Gasteiger partial charge is 0.485 e. The van der Waals surface area contributed by atoms with Gasteiger partial charge in [0, 0.05) is 12.7 Å². The molecule has 0 radical (unpaired) electrons. The summed E-state index contributed by atoms with van der Waals surface area (Å²) in [5.74, 6) is 0.755. The van der Waals surface area contributed by atoms with E-state index in [9.17, 15) is 0 Å². The Labute approximate surface area is 94.4 Å². The molecule has 0 unspecified atom stereocenters. The summed E-state index contributed by atoms with van der Waals surface area (Å²) in [6, 6.07) is 3.81. The van der Waals surface area contributed by atoms with E-state index in [4.69, 9.17) is 10.5 Å². The molecule has 2 N–H and O–H groups in total. The van der Waals surface area contributed by atoms with Crippen LogP contribution in [0.5, 0.6) is 5.75 Å². The molecule has 0 saturated heterocycles. The van der Waals surface area contributed by atoms with Gasteiger partial charge in [-0.05, 0) is 24.6 Å². The topological polar surface area (TPSA) is 52.5 Å². The molecule has 0 aliphatic heterocycles. The SMILES string of the molecule is C=C(C)COc1cccn2c(CN)cnc12. The van der Waals surface area contributed by atoms with Crippen LogP contribution >= 0.6 is 0 Å². The highest BCUT2D eigenvalue weighted by Gasteiger charge is 2.06. The van der Waals surface area contributed by atoms with Crippen LogP contribution < -0.4 is 10.5 Å². The molecule has 0 bridgehead atoms. The second kappa shape index (κ2) is 4.37. The van der Waals surface area contributed by atoms with Crippen molar-refractivity contribution in [2.24, 2.45) is 5.73 Å². The first-order chi connectivity index (χ1) is 7.72. The number of hydrogen-bond donors (Lipinski definition) is 1. The first-order valence-corrected chi connectivity index (χ1v) is 5.14. The smallest absolute Gasteiger partial charge is 0.179 e. The third kappa shape index (κ3) is 1.92. The van der Waals surface area contributed by atoms with E-state index in [1.807, 2.05) is 29.7 Å². The summed E-state index contributed by atoms with van der Waals surface area (Å²) < 4.78 is 7.55. The number of ether oxygens (including phenoxy) is 1. The van der Waals surface area contributed by atoms with E-state index in [2.05, 4.69) is 11.6 Å². The number of pyridine rings is 1. The highest BCUT2D eigenvalue weighted by atomic mass is 16.5. The quantitative estimate of drug-likeness (QED) is 0.794. The Morgan fingerprint density at radius 3 is 3.12 bits per heavy atom. The van der Waals surface area contributed by atoms with Crippen molar-refractivity contribution in [3.63, 3.8) is 0 Å². The lowest BCUT2D eigenvalue weighted by Crippen LogP contribution is -2.02. The molecule has 0 atom stereocenters. The number of imidazole rings is 1. The summed E-state index contributed by atoms with van der Waals surface area (Å²) in [6.07, 6.45) is 3.70. The van der Waals surface area contributed by atoms with Gasteiger partial charge in [-0.1, -0.05) is 6.58 Å². The van der Waals surface area contributed by atoms with Crippen molar-refractivity contribution >= 4 is 5.65 Å². The normalized spacial score (nSPS) is 10.6. The number of hydrogen-bond acceptors (Lipinski definition) is 3. The summed E-state index contributed by atoms with van der Waals surface area (Å²) in [7, 11) is 0. The number of nitrogens with zero attached hydrogens (tertiary/aromatic N) is 2. The zero-order chi connectivity index (χ0) is 11.5. The van der Waals surface area contributed by atoms with E-state index in [-0.39, 0.29) is 0 Å². The van der Waals surface area contributed by atoms with Crippen LogP contribution in [-0.2, 0) is 6.54 Å². The summed E-state index contributed by atoms with van der Waals surface area (Å²) >= 11 is 0. The van der Waals surface area contributed by atoms with Crippen molar-refractivity contribution in [2.45, 2.75) is 13.5 Å². The molecular formula is C12H15N3O. The number of aromatic nitrogens is 2. The maximum absolute atomic E-state index is 5.62. The predicted octanol–water partition coefficient (Wildman–Crippen LogP) is 1.75. The van der Waals surface area contributed by atoms with E-state index in [0.717, 1.165) is 22.7 Å². The minimum absolute atomic E-state index is 0.463. The van der Waals surface area contributed by atoms with Crippen LogP contribution in [0.15, 0.2) is 36.7 Å². The molecule has 0 fully saturated rings. The summed E-state index contributed by atoms with van der Waals surface area (Å²) in [5.41, 5.74) is 8.36.